The molecule has 1 saturated heterocycles. The molecule has 0 aliphatic carbocycles. The van der Waals surface area contributed by atoms with Gasteiger partial charge in [0.2, 0.25) is 0 Å². The Labute approximate surface area is 166 Å². The third-order valence-corrected chi connectivity index (χ3v) is 5.02. The van der Waals surface area contributed by atoms with Gasteiger partial charge in [-0.1, -0.05) is 36.4 Å². The molecule has 5 heteroatoms. The lowest BCUT2D eigenvalue weighted by atomic mass is 9.89. The highest BCUT2D eigenvalue weighted by Gasteiger charge is 2.40. The number of carbonyl (C=O) groups excluding carboxylic acids is 1. The van der Waals surface area contributed by atoms with Gasteiger partial charge in [-0.25, -0.2) is 4.79 Å². The molecule has 0 radical (unpaired) electrons. The fourth-order valence-electron chi connectivity index (χ4n) is 3.80. The fraction of sp³-hybridized carbons (Fsp3) is 0.391. The zero-order valence-corrected chi connectivity index (χ0v) is 16.6. The van der Waals surface area contributed by atoms with E-state index in [1.165, 1.54) is 11.1 Å². The lowest BCUT2D eigenvalue weighted by Crippen LogP contribution is -2.57. The molecule has 2 unspecified atom stereocenters. The number of nitrogens with zero attached hydrogens (tertiary/aromatic N) is 2. The summed E-state index contributed by atoms with van der Waals surface area (Å²) in [5.41, 5.74) is 4.00. The van der Waals surface area contributed by atoms with Gasteiger partial charge in [0.1, 0.15) is 5.60 Å². The van der Waals surface area contributed by atoms with Gasteiger partial charge in [-0.3, -0.25) is 9.88 Å². The summed E-state index contributed by atoms with van der Waals surface area (Å²) in [4.78, 5) is 18.9. The maximum absolute atomic E-state index is 12.7. The molecular weight excluding hydrogens is 352 g/mol. The zero-order chi connectivity index (χ0) is 19.7. The quantitative estimate of drug-likeness (QED) is 0.770. The van der Waals surface area contributed by atoms with Crippen molar-refractivity contribution in [3.63, 3.8) is 0 Å². The van der Waals surface area contributed by atoms with Crippen LogP contribution in [0, 0.1) is 0 Å². The van der Waals surface area contributed by atoms with E-state index in [0.29, 0.717) is 13.2 Å². The topological polar surface area (TPSA) is 51.7 Å². The molecule has 2 aliphatic heterocycles. The summed E-state index contributed by atoms with van der Waals surface area (Å²) < 4.78 is 11.3. The number of aromatic nitrogens is 1. The van der Waals surface area contributed by atoms with Crippen LogP contribution in [0.25, 0.3) is 16.8 Å². The number of morpholine rings is 1. The van der Waals surface area contributed by atoms with Crippen LogP contribution in [0.5, 0.6) is 0 Å². The van der Waals surface area contributed by atoms with Crippen LogP contribution in [0.15, 0.2) is 54.7 Å². The van der Waals surface area contributed by atoms with Crippen molar-refractivity contribution in [1.29, 1.82) is 0 Å². The largest absolute Gasteiger partial charge is 0.444 e. The molecule has 4 rings (SSSR count). The first-order valence-corrected chi connectivity index (χ1v) is 9.72. The molecule has 0 N–H and O–H groups in total. The second-order valence-corrected chi connectivity index (χ2v) is 8.33. The lowest BCUT2D eigenvalue weighted by Gasteiger charge is -2.44. The number of fused-ring (bicyclic) bond motifs is 2. The van der Waals surface area contributed by atoms with Crippen LogP contribution < -0.4 is 0 Å². The van der Waals surface area contributed by atoms with Crippen molar-refractivity contribution in [1.82, 2.24) is 9.88 Å². The van der Waals surface area contributed by atoms with E-state index in [9.17, 15) is 4.79 Å². The van der Waals surface area contributed by atoms with Crippen molar-refractivity contribution in [2.75, 3.05) is 13.2 Å². The molecule has 1 aromatic heterocycles. The molecule has 3 heterocycles. The predicted molar refractivity (Wildman–Crippen MR) is 109 cm³/mol. The number of carbonyl (C=O) groups is 1. The number of hydrogen-bond acceptors (Lipinski definition) is 4. The van der Waals surface area contributed by atoms with Crippen LogP contribution in [-0.2, 0) is 9.47 Å². The van der Waals surface area contributed by atoms with Gasteiger partial charge in [0.15, 0.2) is 0 Å². The van der Waals surface area contributed by atoms with Crippen LogP contribution >= 0.6 is 0 Å². The number of ether oxygens (including phenoxy) is 2. The smallest absolute Gasteiger partial charge is 0.411 e. The minimum absolute atomic E-state index is 0.00377. The van der Waals surface area contributed by atoms with E-state index in [-0.39, 0.29) is 18.2 Å². The average Bonchev–Trinajstić information content (AvgIpc) is 2.66. The lowest BCUT2D eigenvalue weighted by molar-refractivity contribution is -0.0510. The van der Waals surface area contributed by atoms with Crippen LogP contribution in [0.2, 0.25) is 0 Å². The highest BCUT2D eigenvalue weighted by Crippen LogP contribution is 2.34. The van der Waals surface area contributed by atoms with Gasteiger partial charge < -0.3 is 9.47 Å². The number of hydrogen-bond donors (Lipinski definition) is 0. The monoisotopic (exact) mass is 378 g/mol. The zero-order valence-electron chi connectivity index (χ0n) is 16.6. The number of pyridine rings is 1. The third-order valence-electron chi connectivity index (χ3n) is 5.02. The van der Waals surface area contributed by atoms with E-state index in [4.69, 9.17) is 9.47 Å². The molecule has 5 nitrogen and oxygen atoms in total. The van der Waals surface area contributed by atoms with E-state index >= 15 is 0 Å². The average molecular weight is 378 g/mol. The highest BCUT2D eigenvalue weighted by atomic mass is 16.6. The van der Waals surface area contributed by atoms with E-state index in [1.54, 1.807) is 6.20 Å². The Morgan fingerprint density at radius 3 is 2.50 bits per heavy atom. The Morgan fingerprint density at radius 2 is 1.86 bits per heavy atom. The normalized spacial score (nSPS) is 21.8. The summed E-state index contributed by atoms with van der Waals surface area (Å²) in [5.74, 6) is 0. The van der Waals surface area contributed by atoms with Crippen molar-refractivity contribution in [2.24, 2.45) is 0 Å². The number of benzene rings is 1. The molecule has 0 spiro atoms. The summed E-state index contributed by atoms with van der Waals surface area (Å²) in [6.45, 7) is 6.73. The van der Waals surface area contributed by atoms with E-state index in [0.717, 1.165) is 17.7 Å². The number of rotatable bonds is 2. The van der Waals surface area contributed by atoms with Gasteiger partial charge in [-0.15, -0.1) is 0 Å². The van der Waals surface area contributed by atoms with Gasteiger partial charge in [-0.05, 0) is 50.5 Å². The van der Waals surface area contributed by atoms with Gasteiger partial charge in [-0.2, -0.15) is 0 Å². The standard InChI is InChI=1S/C23H26N2O3/c1-23(2,3)28-22(26)25-19-12-18(13-20(25)15-27-14-19)16-7-9-17(10-8-16)21-6-4-5-11-24-21/h4-12,19-20H,13-15H2,1-3H3. The first kappa shape index (κ1) is 18.7. The van der Waals surface area contributed by atoms with Gasteiger partial charge in [0.25, 0.3) is 0 Å². The molecule has 28 heavy (non-hydrogen) atoms. The summed E-state index contributed by atoms with van der Waals surface area (Å²) in [6.07, 6.45) is 4.46. The highest BCUT2D eigenvalue weighted by molar-refractivity contribution is 5.75. The van der Waals surface area contributed by atoms with Crippen LogP contribution in [0.1, 0.15) is 32.8 Å². The second-order valence-electron chi connectivity index (χ2n) is 8.33. The molecule has 1 aromatic carbocycles. The molecule has 1 fully saturated rings. The Kier molecular flexibility index (Phi) is 4.94. The first-order chi connectivity index (χ1) is 13.4. The maximum atomic E-state index is 12.7. The van der Waals surface area contributed by atoms with Crippen LogP contribution in [0.4, 0.5) is 4.79 Å². The second kappa shape index (κ2) is 7.40. The Bertz CT molecular complexity index is 869. The molecule has 146 valence electrons. The van der Waals surface area contributed by atoms with Crippen LogP contribution in [-0.4, -0.2) is 46.9 Å². The summed E-state index contributed by atoms with van der Waals surface area (Å²) in [6, 6.07) is 14.3. The summed E-state index contributed by atoms with van der Waals surface area (Å²) in [5, 5.41) is 0. The minimum atomic E-state index is -0.502. The van der Waals surface area contributed by atoms with Gasteiger partial charge in [0, 0.05) is 11.8 Å². The predicted octanol–water partition coefficient (Wildman–Crippen LogP) is 4.54. The van der Waals surface area contributed by atoms with E-state index in [2.05, 4.69) is 35.3 Å². The maximum Gasteiger partial charge on any atom is 0.411 e. The van der Waals surface area contributed by atoms with Gasteiger partial charge >= 0.3 is 6.09 Å². The third kappa shape index (κ3) is 3.94. The van der Waals surface area contributed by atoms with Crippen molar-refractivity contribution < 1.29 is 14.3 Å². The minimum Gasteiger partial charge on any atom is -0.444 e. The van der Waals surface area contributed by atoms with E-state index < -0.39 is 5.60 Å². The molecular formula is C23H26N2O3. The van der Waals surface area contributed by atoms with E-state index in [1.807, 2.05) is 43.9 Å². The molecule has 0 saturated carbocycles. The first-order valence-electron chi connectivity index (χ1n) is 9.72. The van der Waals surface area contributed by atoms with Crippen molar-refractivity contribution in [3.8, 4) is 11.3 Å². The molecule has 2 aliphatic rings. The SMILES string of the molecule is CC(C)(C)OC(=O)N1C2C=C(c3ccc(-c4ccccn4)cc3)CC1COC2. The Morgan fingerprint density at radius 1 is 1.11 bits per heavy atom. The molecule has 2 bridgehead atoms. The van der Waals surface area contributed by atoms with Crippen molar-refractivity contribution in [3.05, 3.63) is 60.3 Å². The van der Waals surface area contributed by atoms with Gasteiger partial charge in [0.05, 0.1) is 31.0 Å². The number of amides is 1. The van der Waals surface area contributed by atoms with Crippen molar-refractivity contribution in [2.45, 2.75) is 44.9 Å². The molecule has 1 amide bonds. The Hall–Kier alpha value is -2.66. The molecule has 2 atom stereocenters. The Balaban J connectivity index is 1.56. The van der Waals surface area contributed by atoms with Crippen molar-refractivity contribution >= 4 is 11.7 Å². The summed E-state index contributed by atoms with van der Waals surface area (Å²) in [7, 11) is 0. The molecule has 2 aromatic rings. The fourth-order valence-corrected chi connectivity index (χ4v) is 3.80. The van der Waals surface area contributed by atoms with Crippen LogP contribution in [0.3, 0.4) is 0 Å². The summed E-state index contributed by atoms with van der Waals surface area (Å²) >= 11 is 0.